The van der Waals surface area contributed by atoms with Crippen LogP contribution in [0.2, 0.25) is 10.0 Å². The van der Waals surface area contributed by atoms with Crippen LogP contribution in [0, 0.1) is 5.92 Å². The number of carbonyl (C=O) groups excluding carboxylic acids is 2. The number of H-pyrrole nitrogens is 1. The van der Waals surface area contributed by atoms with E-state index in [1.54, 1.807) is 6.20 Å². The van der Waals surface area contributed by atoms with Crippen molar-refractivity contribution in [3.63, 3.8) is 0 Å². The molecule has 11 heteroatoms. The highest BCUT2D eigenvalue weighted by Gasteiger charge is 2.40. The number of nitrogens with zero attached hydrogens (tertiary/aromatic N) is 4. The van der Waals surface area contributed by atoms with E-state index in [1.807, 2.05) is 47.4 Å². The summed E-state index contributed by atoms with van der Waals surface area (Å²) in [6.07, 6.45) is 9.63. The molecule has 0 radical (unpaired) electrons. The largest absolute Gasteiger partial charge is 0.355 e. The quantitative estimate of drug-likeness (QED) is 0.161. The van der Waals surface area contributed by atoms with E-state index in [9.17, 15) is 9.59 Å². The molecular weight excluding hydrogens is 717 g/mol. The van der Waals surface area contributed by atoms with Crippen molar-refractivity contribution in [1.82, 2.24) is 25.1 Å². The Kier molecular flexibility index (Phi) is 9.07. The van der Waals surface area contributed by atoms with Gasteiger partial charge in [0.25, 0.3) is 5.91 Å². The number of piperidine rings is 1. The van der Waals surface area contributed by atoms with Crippen molar-refractivity contribution >= 4 is 68.8 Å². The molecule has 5 aromatic rings. The second-order valence-corrected chi connectivity index (χ2v) is 15.5. The molecule has 2 unspecified atom stereocenters. The van der Waals surface area contributed by atoms with E-state index in [0.717, 1.165) is 96.5 Å². The van der Waals surface area contributed by atoms with Crippen LogP contribution in [-0.2, 0) is 0 Å². The smallest absolute Gasteiger partial charge is 0.317 e. The van der Waals surface area contributed by atoms with Crippen molar-refractivity contribution in [2.75, 3.05) is 36.4 Å². The lowest BCUT2D eigenvalue weighted by atomic mass is 9.82. The minimum atomic E-state index is -0.261. The van der Waals surface area contributed by atoms with Gasteiger partial charge in [0.2, 0.25) is 0 Å². The van der Waals surface area contributed by atoms with Gasteiger partial charge >= 0.3 is 6.03 Å². The molecule has 4 aliphatic rings. The van der Waals surface area contributed by atoms with Crippen LogP contribution < -0.4 is 15.5 Å². The molecule has 0 aliphatic carbocycles. The summed E-state index contributed by atoms with van der Waals surface area (Å²) >= 11 is 13.3. The average Bonchev–Trinajstić information content (AvgIpc) is 3.48. The second kappa shape index (κ2) is 14.2. The molecular formula is C43H41Cl2N7O2. The molecule has 274 valence electrons. The third-order valence-corrected chi connectivity index (χ3v) is 11.8. The monoisotopic (exact) mass is 757 g/mol. The van der Waals surface area contributed by atoms with Crippen LogP contribution in [0.25, 0.3) is 22.2 Å². The highest BCUT2D eigenvalue weighted by molar-refractivity contribution is 6.32. The van der Waals surface area contributed by atoms with Crippen molar-refractivity contribution in [2.24, 2.45) is 5.92 Å². The molecule has 6 heterocycles. The van der Waals surface area contributed by atoms with Crippen molar-refractivity contribution in [3.8, 4) is 0 Å². The predicted octanol–water partition coefficient (Wildman–Crippen LogP) is 9.33. The lowest BCUT2D eigenvalue weighted by Crippen LogP contribution is -2.54. The van der Waals surface area contributed by atoms with Gasteiger partial charge in [-0.3, -0.25) is 4.79 Å². The number of hydrogen-bond donors (Lipinski definition) is 3. The number of fused-ring (bicyclic) bond motifs is 2. The van der Waals surface area contributed by atoms with Gasteiger partial charge in [-0.25, -0.2) is 9.78 Å². The first kappa shape index (κ1) is 34.5. The fourth-order valence-electron chi connectivity index (χ4n) is 8.86. The molecule has 3 N–H and O–H groups in total. The SMILES string of the molecule is CC1CC=CN2C(=C1c1ccccc1)c1c(C(=O)Nc3cccnc3N3CCC(N4CCCNC4=O)CC3)[nH]c3cc(Cl)cc(c13)C2c1ccc(Cl)cc1. The maximum absolute atomic E-state index is 14.8. The summed E-state index contributed by atoms with van der Waals surface area (Å²) in [6.45, 7) is 5.23. The van der Waals surface area contributed by atoms with Gasteiger partial charge in [-0.1, -0.05) is 78.7 Å². The second-order valence-electron chi connectivity index (χ2n) is 14.6. The number of hydrogen-bond acceptors (Lipinski definition) is 5. The number of benzene rings is 3. The normalized spacial score (nSPS) is 20.2. The summed E-state index contributed by atoms with van der Waals surface area (Å²) in [6, 6.07) is 26.2. The van der Waals surface area contributed by atoms with Gasteiger partial charge in [0.05, 0.1) is 17.4 Å². The van der Waals surface area contributed by atoms with E-state index in [0.29, 0.717) is 21.4 Å². The highest BCUT2D eigenvalue weighted by Crippen LogP contribution is 2.53. The van der Waals surface area contributed by atoms with E-state index >= 15 is 0 Å². The van der Waals surface area contributed by atoms with E-state index < -0.39 is 0 Å². The molecule has 0 bridgehead atoms. The van der Waals surface area contributed by atoms with E-state index in [4.69, 9.17) is 28.2 Å². The maximum Gasteiger partial charge on any atom is 0.317 e. The lowest BCUT2D eigenvalue weighted by molar-refractivity contribution is 0.102. The van der Waals surface area contributed by atoms with Crippen molar-refractivity contribution < 1.29 is 9.59 Å². The summed E-state index contributed by atoms with van der Waals surface area (Å²) in [7, 11) is 0. The van der Waals surface area contributed by atoms with Crippen LogP contribution >= 0.6 is 23.2 Å². The van der Waals surface area contributed by atoms with Crippen LogP contribution in [-0.4, -0.2) is 63.9 Å². The van der Waals surface area contributed by atoms with Gasteiger partial charge < -0.3 is 30.3 Å². The van der Waals surface area contributed by atoms with Crippen molar-refractivity contribution in [1.29, 1.82) is 0 Å². The third-order valence-electron chi connectivity index (χ3n) is 11.3. The number of rotatable bonds is 6. The number of aromatic nitrogens is 2. The van der Waals surface area contributed by atoms with Crippen LogP contribution in [0.15, 0.2) is 97.3 Å². The van der Waals surface area contributed by atoms with Crippen LogP contribution in [0.3, 0.4) is 0 Å². The number of amides is 3. The van der Waals surface area contributed by atoms with Gasteiger partial charge in [0.15, 0.2) is 5.82 Å². The molecule has 3 aromatic carbocycles. The summed E-state index contributed by atoms with van der Waals surface area (Å²) < 4.78 is 0. The Balaban J connectivity index is 1.15. The third kappa shape index (κ3) is 6.09. The molecule has 0 spiro atoms. The molecule has 2 atom stereocenters. The number of allylic oxidation sites excluding steroid dienone is 2. The van der Waals surface area contributed by atoms with Crippen molar-refractivity contribution in [3.05, 3.63) is 135 Å². The zero-order chi connectivity index (χ0) is 36.9. The molecule has 2 aromatic heterocycles. The van der Waals surface area contributed by atoms with Gasteiger partial charge in [-0.2, -0.15) is 0 Å². The Hall–Kier alpha value is -5.25. The molecule has 2 fully saturated rings. The highest BCUT2D eigenvalue weighted by atomic mass is 35.5. The van der Waals surface area contributed by atoms with Crippen LogP contribution in [0.5, 0.6) is 0 Å². The fourth-order valence-corrected chi connectivity index (χ4v) is 9.22. The van der Waals surface area contributed by atoms with Crippen LogP contribution in [0.4, 0.5) is 16.3 Å². The number of halogens is 2. The maximum atomic E-state index is 14.8. The molecule has 0 saturated carbocycles. The predicted molar refractivity (Wildman–Crippen MR) is 217 cm³/mol. The first-order chi connectivity index (χ1) is 26.4. The molecule has 9 nitrogen and oxygen atoms in total. The van der Waals surface area contributed by atoms with Gasteiger partial charge in [0, 0.05) is 71.1 Å². The number of carbonyl (C=O) groups is 2. The molecule has 2 saturated heterocycles. The van der Waals surface area contributed by atoms with Crippen molar-refractivity contribution in [2.45, 2.75) is 44.7 Å². The number of anilines is 2. The number of aromatic amines is 1. The van der Waals surface area contributed by atoms with Crippen LogP contribution in [0.1, 0.15) is 71.4 Å². The molecule has 54 heavy (non-hydrogen) atoms. The minimum Gasteiger partial charge on any atom is -0.355 e. The number of nitrogens with one attached hydrogen (secondary N) is 3. The first-order valence-electron chi connectivity index (χ1n) is 18.8. The molecule has 4 aliphatic heterocycles. The number of urea groups is 1. The summed E-state index contributed by atoms with van der Waals surface area (Å²) in [5.74, 6) is 0.622. The zero-order valence-electron chi connectivity index (χ0n) is 30.0. The molecule has 9 rings (SSSR count). The van der Waals surface area contributed by atoms with E-state index in [1.165, 1.54) is 5.57 Å². The Morgan fingerprint density at radius 1 is 0.944 bits per heavy atom. The fraction of sp³-hybridized carbons (Fsp3) is 0.279. The zero-order valence-corrected chi connectivity index (χ0v) is 31.5. The first-order valence-corrected chi connectivity index (χ1v) is 19.5. The summed E-state index contributed by atoms with van der Waals surface area (Å²) in [5, 5.41) is 8.48. The summed E-state index contributed by atoms with van der Waals surface area (Å²) in [4.78, 5) is 42.2. The average molecular weight is 759 g/mol. The Morgan fingerprint density at radius 2 is 1.74 bits per heavy atom. The molecule has 3 amide bonds. The van der Waals surface area contributed by atoms with Gasteiger partial charge in [0.1, 0.15) is 5.69 Å². The van der Waals surface area contributed by atoms with Gasteiger partial charge in [-0.15, -0.1) is 0 Å². The minimum absolute atomic E-state index is 0.0272. The lowest BCUT2D eigenvalue weighted by Gasteiger charge is -2.40. The standard InChI is InChI=1S/C43H41Cl2N7O2/c1-26-8-6-20-52-39(28-12-14-29(44)15-13-28)32-24-30(45)25-34-36(32)37(40(52)35(26)27-9-3-2-4-10-27)38(48-34)42(53)49-33-11-5-18-46-41(33)50-22-16-31(17-23-50)51-21-7-19-47-43(51)54/h2-6,9-15,18,20,24-26,31,39,48H,7-8,16-17,19,21-23H2,1H3,(H,47,54)(H,49,53). The Bertz CT molecular complexity index is 2310. The Morgan fingerprint density at radius 3 is 2.52 bits per heavy atom. The van der Waals surface area contributed by atoms with E-state index in [2.05, 4.69) is 81.0 Å². The van der Waals surface area contributed by atoms with E-state index in [-0.39, 0.29) is 29.9 Å². The summed E-state index contributed by atoms with van der Waals surface area (Å²) in [5.41, 5.74) is 8.09. The Labute approximate surface area is 324 Å². The topological polar surface area (TPSA) is 96.6 Å². The van der Waals surface area contributed by atoms with Gasteiger partial charge in [-0.05, 0) is 90.3 Å². The number of pyridine rings is 1.